The van der Waals surface area contributed by atoms with E-state index in [2.05, 4.69) is 17.4 Å². The number of urea groups is 1. The molecule has 0 unspecified atom stereocenters. The lowest BCUT2D eigenvalue weighted by Crippen LogP contribution is -2.34. The lowest BCUT2D eigenvalue weighted by atomic mass is 10.0. The first kappa shape index (κ1) is 15.6. The molecule has 1 aromatic carbocycles. The van der Waals surface area contributed by atoms with Gasteiger partial charge in [-0.15, -0.1) is 0 Å². The standard InChI is InChI=1S/C18H23N3O2/c1-4-16-17(13(3)20-23-16)15-9-6-10-21(15)18(22)19-14-8-5-7-12(2)11-14/h5,7-8,11,15H,4,6,9-10H2,1-3H3,(H,19,22)/t15-/m0/s1. The number of amides is 2. The topological polar surface area (TPSA) is 58.4 Å². The van der Waals surface area contributed by atoms with E-state index in [0.29, 0.717) is 0 Å². The molecule has 1 aliphatic rings. The number of benzene rings is 1. The monoisotopic (exact) mass is 313 g/mol. The maximum absolute atomic E-state index is 12.7. The molecule has 0 spiro atoms. The van der Waals surface area contributed by atoms with Crippen molar-refractivity contribution in [3.8, 4) is 0 Å². The van der Waals surface area contributed by atoms with Gasteiger partial charge in [0.15, 0.2) is 0 Å². The summed E-state index contributed by atoms with van der Waals surface area (Å²) >= 11 is 0. The molecule has 23 heavy (non-hydrogen) atoms. The predicted molar refractivity (Wildman–Crippen MR) is 89.5 cm³/mol. The second-order valence-electron chi connectivity index (χ2n) is 6.11. The fourth-order valence-corrected chi connectivity index (χ4v) is 3.33. The zero-order chi connectivity index (χ0) is 16.4. The Kier molecular flexibility index (Phi) is 4.37. The van der Waals surface area contributed by atoms with Crippen molar-refractivity contribution in [2.45, 2.75) is 46.1 Å². The zero-order valence-corrected chi connectivity index (χ0v) is 13.9. The Labute approximate surface area is 136 Å². The number of nitrogens with zero attached hydrogens (tertiary/aromatic N) is 2. The Morgan fingerprint density at radius 1 is 1.43 bits per heavy atom. The highest BCUT2D eigenvalue weighted by Crippen LogP contribution is 2.36. The molecule has 122 valence electrons. The fourth-order valence-electron chi connectivity index (χ4n) is 3.33. The molecule has 5 nitrogen and oxygen atoms in total. The molecule has 1 fully saturated rings. The molecular weight excluding hydrogens is 290 g/mol. The third kappa shape index (κ3) is 3.09. The van der Waals surface area contributed by atoms with Crippen LogP contribution in [0.25, 0.3) is 0 Å². The van der Waals surface area contributed by atoms with E-state index in [1.165, 1.54) is 0 Å². The predicted octanol–water partition coefficient (Wildman–Crippen LogP) is 4.22. The second-order valence-corrected chi connectivity index (χ2v) is 6.11. The summed E-state index contributed by atoms with van der Waals surface area (Å²) in [5.74, 6) is 0.891. The van der Waals surface area contributed by atoms with E-state index in [4.69, 9.17) is 4.52 Å². The van der Waals surface area contributed by atoms with E-state index in [1.807, 2.05) is 43.0 Å². The van der Waals surface area contributed by atoms with E-state index < -0.39 is 0 Å². The molecule has 0 aliphatic carbocycles. The van der Waals surface area contributed by atoms with Crippen molar-refractivity contribution < 1.29 is 9.32 Å². The van der Waals surface area contributed by atoms with E-state index in [1.54, 1.807) is 0 Å². The van der Waals surface area contributed by atoms with Crippen molar-refractivity contribution in [3.05, 3.63) is 46.8 Å². The van der Waals surface area contributed by atoms with Crippen LogP contribution in [0, 0.1) is 13.8 Å². The van der Waals surface area contributed by atoms with Crippen molar-refractivity contribution in [3.63, 3.8) is 0 Å². The summed E-state index contributed by atoms with van der Waals surface area (Å²) in [7, 11) is 0. The Bertz CT molecular complexity index is 708. The summed E-state index contributed by atoms with van der Waals surface area (Å²) in [6.07, 6.45) is 2.75. The number of likely N-dealkylation sites (tertiary alicyclic amines) is 1. The summed E-state index contributed by atoms with van der Waals surface area (Å²) in [6, 6.07) is 7.86. The molecule has 3 rings (SSSR count). The largest absolute Gasteiger partial charge is 0.361 e. The summed E-state index contributed by atoms with van der Waals surface area (Å²) < 4.78 is 5.41. The fraction of sp³-hybridized carbons (Fsp3) is 0.444. The van der Waals surface area contributed by atoms with Crippen LogP contribution in [0.4, 0.5) is 10.5 Å². The molecule has 1 saturated heterocycles. The van der Waals surface area contributed by atoms with Crippen molar-refractivity contribution in [1.29, 1.82) is 0 Å². The van der Waals surface area contributed by atoms with Gasteiger partial charge in [0.1, 0.15) is 5.76 Å². The number of carbonyl (C=O) groups excluding carboxylic acids is 1. The minimum atomic E-state index is -0.0549. The first-order valence-corrected chi connectivity index (χ1v) is 8.19. The molecule has 2 aromatic rings. The lowest BCUT2D eigenvalue weighted by molar-refractivity contribution is 0.206. The van der Waals surface area contributed by atoms with Crippen molar-refractivity contribution in [1.82, 2.24) is 10.1 Å². The molecular formula is C18H23N3O2. The minimum absolute atomic E-state index is 0.0549. The Morgan fingerprint density at radius 3 is 3.00 bits per heavy atom. The van der Waals surface area contributed by atoms with Crippen LogP contribution in [0.15, 0.2) is 28.8 Å². The van der Waals surface area contributed by atoms with Gasteiger partial charge in [-0.3, -0.25) is 0 Å². The Morgan fingerprint density at radius 2 is 2.26 bits per heavy atom. The van der Waals surface area contributed by atoms with Crippen LogP contribution in [0.1, 0.15) is 48.4 Å². The van der Waals surface area contributed by atoms with E-state index in [-0.39, 0.29) is 12.1 Å². The lowest BCUT2D eigenvalue weighted by Gasteiger charge is -2.25. The van der Waals surface area contributed by atoms with Crippen molar-refractivity contribution >= 4 is 11.7 Å². The van der Waals surface area contributed by atoms with Gasteiger partial charge in [0.2, 0.25) is 0 Å². The van der Waals surface area contributed by atoms with E-state index in [9.17, 15) is 4.79 Å². The molecule has 1 N–H and O–H groups in total. The normalized spacial score (nSPS) is 17.5. The van der Waals surface area contributed by atoms with Gasteiger partial charge in [0.05, 0.1) is 11.7 Å². The number of aryl methyl sites for hydroxylation is 3. The van der Waals surface area contributed by atoms with Crippen molar-refractivity contribution in [2.75, 3.05) is 11.9 Å². The zero-order valence-electron chi connectivity index (χ0n) is 13.9. The molecule has 1 aromatic heterocycles. The minimum Gasteiger partial charge on any atom is -0.361 e. The molecule has 0 bridgehead atoms. The van der Waals surface area contributed by atoms with Crippen LogP contribution in [0.2, 0.25) is 0 Å². The van der Waals surface area contributed by atoms with Crippen LogP contribution in [-0.2, 0) is 6.42 Å². The summed E-state index contributed by atoms with van der Waals surface area (Å²) in [4.78, 5) is 14.6. The third-order valence-electron chi connectivity index (χ3n) is 4.42. The average molecular weight is 313 g/mol. The van der Waals surface area contributed by atoms with Gasteiger partial charge in [0, 0.05) is 24.2 Å². The highest BCUT2D eigenvalue weighted by atomic mass is 16.5. The van der Waals surface area contributed by atoms with E-state index in [0.717, 1.165) is 54.1 Å². The number of hydrogen-bond donors (Lipinski definition) is 1. The Balaban J connectivity index is 1.81. The first-order chi connectivity index (χ1) is 11.1. The van der Waals surface area contributed by atoms with Gasteiger partial charge in [-0.1, -0.05) is 24.2 Å². The highest BCUT2D eigenvalue weighted by Gasteiger charge is 2.34. The van der Waals surface area contributed by atoms with Crippen LogP contribution in [0.3, 0.4) is 0 Å². The number of anilines is 1. The SMILES string of the molecule is CCc1onc(C)c1[C@@H]1CCCN1C(=O)Nc1cccc(C)c1. The first-order valence-electron chi connectivity index (χ1n) is 8.19. The molecule has 2 amide bonds. The van der Waals surface area contributed by atoms with Crippen molar-refractivity contribution in [2.24, 2.45) is 0 Å². The van der Waals surface area contributed by atoms with Gasteiger partial charge in [-0.25, -0.2) is 4.79 Å². The number of aromatic nitrogens is 1. The molecule has 5 heteroatoms. The highest BCUT2D eigenvalue weighted by molar-refractivity contribution is 5.90. The number of rotatable bonds is 3. The van der Waals surface area contributed by atoms with Crippen LogP contribution < -0.4 is 5.32 Å². The summed E-state index contributed by atoms with van der Waals surface area (Å²) in [5, 5.41) is 7.10. The maximum atomic E-state index is 12.7. The number of carbonyl (C=O) groups is 1. The summed E-state index contributed by atoms with van der Waals surface area (Å²) in [6.45, 7) is 6.78. The Hall–Kier alpha value is -2.30. The number of nitrogens with one attached hydrogen (secondary N) is 1. The van der Waals surface area contributed by atoms with Gasteiger partial charge >= 0.3 is 6.03 Å². The average Bonchev–Trinajstić information content (AvgIpc) is 3.13. The van der Waals surface area contributed by atoms with Gasteiger partial charge in [-0.05, 0) is 44.4 Å². The van der Waals surface area contributed by atoms with Gasteiger partial charge in [-0.2, -0.15) is 0 Å². The summed E-state index contributed by atoms with van der Waals surface area (Å²) in [5.41, 5.74) is 3.94. The second kappa shape index (κ2) is 6.44. The molecule has 0 radical (unpaired) electrons. The quantitative estimate of drug-likeness (QED) is 0.923. The van der Waals surface area contributed by atoms with Crippen LogP contribution in [0.5, 0.6) is 0 Å². The van der Waals surface area contributed by atoms with Crippen LogP contribution in [-0.4, -0.2) is 22.6 Å². The van der Waals surface area contributed by atoms with Gasteiger partial charge in [0.25, 0.3) is 0 Å². The van der Waals surface area contributed by atoms with E-state index >= 15 is 0 Å². The number of hydrogen-bond acceptors (Lipinski definition) is 3. The van der Waals surface area contributed by atoms with Crippen LogP contribution >= 0.6 is 0 Å². The molecule has 1 aliphatic heterocycles. The molecule has 1 atom stereocenters. The molecule has 0 saturated carbocycles. The third-order valence-corrected chi connectivity index (χ3v) is 4.42. The molecule has 2 heterocycles. The smallest absolute Gasteiger partial charge is 0.322 e. The maximum Gasteiger partial charge on any atom is 0.322 e. The van der Waals surface area contributed by atoms with Gasteiger partial charge < -0.3 is 14.7 Å².